The molecule has 0 aliphatic rings. The molecule has 0 rings (SSSR count). The lowest BCUT2D eigenvalue weighted by molar-refractivity contribution is -0.119. The molecule has 0 bridgehead atoms. The quantitative estimate of drug-likeness (QED) is 0.258. The van der Waals surface area contributed by atoms with Gasteiger partial charge in [0.2, 0.25) is 23.6 Å². The molecule has 4 amide bonds. The van der Waals surface area contributed by atoms with E-state index in [-0.39, 0.29) is 23.6 Å². The lowest BCUT2D eigenvalue weighted by atomic mass is 10.1. The number of carbonyl (C=O) groups excluding carboxylic acids is 4. The molecule has 28 heavy (non-hydrogen) atoms. The summed E-state index contributed by atoms with van der Waals surface area (Å²) >= 11 is 0. The zero-order chi connectivity index (χ0) is 21.6. The van der Waals surface area contributed by atoms with Crippen molar-refractivity contribution in [2.24, 2.45) is 22.9 Å². The van der Waals surface area contributed by atoms with Gasteiger partial charge in [-0.25, -0.2) is 0 Å². The third-order valence-electron chi connectivity index (χ3n) is 4.19. The summed E-state index contributed by atoms with van der Waals surface area (Å²) in [5.74, 6) is -0.894. The first kappa shape index (κ1) is 28.1. The molecule has 0 heterocycles. The average Bonchev–Trinajstić information content (AvgIpc) is 2.59. The molecule has 0 atom stereocenters. The smallest absolute Gasteiger partial charge is 0.217 e. The van der Waals surface area contributed by atoms with Crippen molar-refractivity contribution in [3.63, 3.8) is 0 Å². The van der Waals surface area contributed by atoms with Crippen molar-refractivity contribution in [1.82, 2.24) is 0 Å². The van der Waals surface area contributed by atoms with Crippen LogP contribution in [-0.4, -0.2) is 23.6 Å². The lowest BCUT2D eigenvalue weighted by Gasteiger charge is -1.99. The van der Waals surface area contributed by atoms with Gasteiger partial charge in [0.15, 0.2) is 0 Å². The molecule has 0 aromatic carbocycles. The first-order valence-electron chi connectivity index (χ1n) is 10.4. The Labute approximate surface area is 169 Å². The highest BCUT2D eigenvalue weighted by Gasteiger charge is 1.97. The highest BCUT2D eigenvalue weighted by molar-refractivity contribution is 5.74. The maximum absolute atomic E-state index is 10.4. The molecule has 8 N–H and O–H groups in total. The Morgan fingerprint density at radius 2 is 0.464 bits per heavy atom. The Hall–Kier alpha value is -2.12. The summed E-state index contributed by atoms with van der Waals surface area (Å²) in [6.45, 7) is 0. The topological polar surface area (TPSA) is 172 Å². The maximum atomic E-state index is 10.4. The fourth-order valence-electron chi connectivity index (χ4n) is 2.61. The minimum atomic E-state index is -0.223. The standard InChI is InChI=1S/2C10H20N2O2/c2*11-9(13)7-5-3-1-2-4-6-8-10(12)14/h2*1-8H2,(H2,11,13)(H2,12,14). The molecule has 164 valence electrons. The van der Waals surface area contributed by atoms with E-state index in [9.17, 15) is 19.2 Å². The van der Waals surface area contributed by atoms with Crippen molar-refractivity contribution < 1.29 is 19.2 Å². The van der Waals surface area contributed by atoms with Crippen LogP contribution in [0.1, 0.15) is 103 Å². The minimum Gasteiger partial charge on any atom is -0.370 e. The minimum absolute atomic E-state index is 0.223. The number of amides is 4. The van der Waals surface area contributed by atoms with E-state index >= 15 is 0 Å². The third-order valence-corrected chi connectivity index (χ3v) is 4.19. The Kier molecular flexibility index (Phi) is 21.3. The number of carbonyl (C=O) groups is 4. The van der Waals surface area contributed by atoms with Crippen LogP contribution < -0.4 is 22.9 Å². The summed E-state index contributed by atoms with van der Waals surface area (Å²) in [5, 5.41) is 0. The summed E-state index contributed by atoms with van der Waals surface area (Å²) in [7, 11) is 0. The van der Waals surface area contributed by atoms with E-state index in [0.717, 1.165) is 77.0 Å². The van der Waals surface area contributed by atoms with E-state index in [2.05, 4.69) is 0 Å². The van der Waals surface area contributed by atoms with Gasteiger partial charge in [-0.15, -0.1) is 0 Å². The van der Waals surface area contributed by atoms with Crippen LogP contribution in [0.3, 0.4) is 0 Å². The monoisotopic (exact) mass is 400 g/mol. The van der Waals surface area contributed by atoms with Crippen molar-refractivity contribution in [3.8, 4) is 0 Å². The summed E-state index contributed by atoms with van der Waals surface area (Å²) in [6.07, 6.45) is 14.0. The summed E-state index contributed by atoms with van der Waals surface area (Å²) in [5.41, 5.74) is 20.0. The van der Waals surface area contributed by atoms with Gasteiger partial charge in [0.25, 0.3) is 0 Å². The van der Waals surface area contributed by atoms with Gasteiger partial charge in [0.05, 0.1) is 0 Å². The van der Waals surface area contributed by atoms with Crippen LogP contribution in [0.25, 0.3) is 0 Å². The molecule has 8 nitrogen and oxygen atoms in total. The molecule has 0 aliphatic heterocycles. The zero-order valence-corrected chi connectivity index (χ0v) is 17.3. The molecule has 0 unspecified atom stereocenters. The maximum Gasteiger partial charge on any atom is 0.217 e. The molecular weight excluding hydrogens is 360 g/mol. The highest BCUT2D eigenvalue weighted by atomic mass is 16.2. The summed E-state index contributed by atoms with van der Waals surface area (Å²) in [4.78, 5) is 41.5. The molecule has 0 spiro atoms. The Bertz CT molecular complexity index is 362. The van der Waals surface area contributed by atoms with Gasteiger partial charge in [-0.1, -0.05) is 51.4 Å². The Morgan fingerprint density at radius 3 is 0.607 bits per heavy atom. The Morgan fingerprint density at radius 1 is 0.321 bits per heavy atom. The highest BCUT2D eigenvalue weighted by Crippen LogP contribution is 2.08. The first-order chi connectivity index (χ1) is 13.3. The summed E-state index contributed by atoms with van der Waals surface area (Å²) < 4.78 is 0. The average molecular weight is 401 g/mol. The van der Waals surface area contributed by atoms with E-state index in [1.165, 1.54) is 0 Å². The second kappa shape index (κ2) is 21.2. The molecule has 0 saturated carbocycles. The number of unbranched alkanes of at least 4 members (excludes halogenated alkanes) is 10. The van der Waals surface area contributed by atoms with Crippen LogP contribution in [-0.2, 0) is 19.2 Å². The van der Waals surface area contributed by atoms with Gasteiger partial charge in [-0.05, 0) is 25.7 Å². The SMILES string of the molecule is NC(=O)CCCCCCCCC(N)=O.NC(=O)CCCCCCCCC(N)=O. The van der Waals surface area contributed by atoms with E-state index in [4.69, 9.17) is 22.9 Å². The van der Waals surface area contributed by atoms with Crippen molar-refractivity contribution in [2.75, 3.05) is 0 Å². The third kappa shape index (κ3) is 31.6. The van der Waals surface area contributed by atoms with E-state index in [1.54, 1.807) is 0 Å². The van der Waals surface area contributed by atoms with Crippen molar-refractivity contribution in [1.29, 1.82) is 0 Å². The van der Waals surface area contributed by atoms with Gasteiger partial charge in [-0.3, -0.25) is 19.2 Å². The molecular formula is C20H40N4O4. The van der Waals surface area contributed by atoms with Crippen LogP contribution in [0.2, 0.25) is 0 Å². The van der Waals surface area contributed by atoms with Crippen LogP contribution in [0.15, 0.2) is 0 Å². The molecule has 0 fully saturated rings. The first-order valence-corrected chi connectivity index (χ1v) is 10.4. The number of hydrogen-bond donors (Lipinski definition) is 4. The van der Waals surface area contributed by atoms with Gasteiger partial charge >= 0.3 is 0 Å². The van der Waals surface area contributed by atoms with Crippen LogP contribution in [0, 0.1) is 0 Å². The zero-order valence-electron chi connectivity index (χ0n) is 17.3. The van der Waals surface area contributed by atoms with Crippen molar-refractivity contribution >= 4 is 23.6 Å². The number of primary amides is 4. The van der Waals surface area contributed by atoms with Gasteiger partial charge in [0, 0.05) is 25.7 Å². The second-order valence-corrected chi connectivity index (χ2v) is 7.11. The number of nitrogens with two attached hydrogens (primary N) is 4. The fraction of sp³-hybridized carbons (Fsp3) is 0.800. The van der Waals surface area contributed by atoms with Gasteiger partial charge in [0.1, 0.15) is 0 Å². The Balaban J connectivity index is 0. The van der Waals surface area contributed by atoms with E-state index < -0.39 is 0 Å². The van der Waals surface area contributed by atoms with Gasteiger partial charge in [-0.2, -0.15) is 0 Å². The van der Waals surface area contributed by atoms with E-state index in [0.29, 0.717) is 25.7 Å². The molecule has 0 aliphatic carbocycles. The van der Waals surface area contributed by atoms with Crippen LogP contribution in [0.4, 0.5) is 0 Å². The largest absolute Gasteiger partial charge is 0.370 e. The van der Waals surface area contributed by atoms with Crippen LogP contribution in [0.5, 0.6) is 0 Å². The number of hydrogen-bond acceptors (Lipinski definition) is 4. The number of rotatable bonds is 18. The normalized spacial score (nSPS) is 10.0. The summed E-state index contributed by atoms with van der Waals surface area (Å²) in [6, 6.07) is 0. The molecule has 0 aromatic rings. The molecule has 8 heteroatoms. The van der Waals surface area contributed by atoms with Crippen molar-refractivity contribution in [3.05, 3.63) is 0 Å². The molecule has 0 saturated heterocycles. The molecule has 0 aromatic heterocycles. The second-order valence-electron chi connectivity index (χ2n) is 7.11. The van der Waals surface area contributed by atoms with Crippen molar-refractivity contribution in [2.45, 2.75) is 103 Å². The lowest BCUT2D eigenvalue weighted by Crippen LogP contribution is -2.09. The predicted molar refractivity (Wildman–Crippen MR) is 111 cm³/mol. The van der Waals surface area contributed by atoms with Gasteiger partial charge < -0.3 is 22.9 Å². The van der Waals surface area contributed by atoms with Crippen LogP contribution >= 0.6 is 0 Å². The fourth-order valence-corrected chi connectivity index (χ4v) is 2.61. The molecule has 0 radical (unpaired) electrons. The predicted octanol–water partition coefficient (Wildman–Crippen LogP) is 2.16. The van der Waals surface area contributed by atoms with E-state index in [1.807, 2.05) is 0 Å².